The van der Waals surface area contributed by atoms with Crippen LogP contribution in [0.4, 0.5) is 32.2 Å². The molecule has 0 N–H and O–H groups in total. The van der Waals surface area contributed by atoms with Gasteiger partial charge in [-0.3, -0.25) is 0 Å². The molecule has 3 rings (SSSR count). The van der Waals surface area contributed by atoms with Gasteiger partial charge in [-0.05, 0) is 18.1 Å². The van der Waals surface area contributed by atoms with Crippen LogP contribution in [0, 0.1) is 0 Å². The molecule has 0 atom stereocenters. The lowest BCUT2D eigenvalue weighted by atomic mass is 10.1. The number of methoxy groups -OCH3 is 1. The van der Waals surface area contributed by atoms with Gasteiger partial charge in [0.25, 0.3) is 0 Å². The van der Waals surface area contributed by atoms with Crippen LogP contribution in [0.2, 0.25) is 0 Å². The monoisotopic (exact) mass is 407 g/mol. The van der Waals surface area contributed by atoms with E-state index < -0.39 is 35.1 Å². The maximum atomic E-state index is 13.4. The molecule has 1 aromatic heterocycles. The van der Waals surface area contributed by atoms with E-state index in [0.717, 1.165) is 17.9 Å². The number of benzene rings is 1. The van der Waals surface area contributed by atoms with Crippen LogP contribution in [0.3, 0.4) is 0 Å². The van der Waals surface area contributed by atoms with Crippen LogP contribution in [-0.4, -0.2) is 29.4 Å². The Labute approximate surface area is 155 Å². The molecule has 1 aliphatic rings. The second kappa shape index (κ2) is 7.02. The molecular weight excluding hydrogens is 392 g/mol. The molecule has 28 heavy (non-hydrogen) atoms. The van der Waals surface area contributed by atoms with Crippen LogP contribution >= 0.6 is 0 Å². The number of alkyl halides is 6. The molecule has 0 fully saturated rings. The minimum atomic E-state index is -4.91. The van der Waals surface area contributed by atoms with Crippen LogP contribution in [0.1, 0.15) is 33.6 Å². The summed E-state index contributed by atoms with van der Waals surface area (Å²) in [5.74, 6) is -1.44. The Kier molecular flexibility index (Phi) is 5.02. The second-order valence-electron chi connectivity index (χ2n) is 6.19. The van der Waals surface area contributed by atoms with Gasteiger partial charge >= 0.3 is 18.3 Å². The Hall–Kier alpha value is -2.72. The minimum Gasteiger partial charge on any atom is -0.465 e. The zero-order chi connectivity index (χ0) is 20.7. The highest BCUT2D eigenvalue weighted by Gasteiger charge is 2.44. The highest BCUT2D eigenvalue weighted by Crippen LogP contribution is 2.39. The van der Waals surface area contributed by atoms with Crippen molar-refractivity contribution in [2.24, 2.45) is 0 Å². The van der Waals surface area contributed by atoms with Gasteiger partial charge in [-0.15, -0.1) is 0 Å². The van der Waals surface area contributed by atoms with Crippen LogP contribution in [-0.2, 0) is 30.2 Å². The van der Waals surface area contributed by atoms with Crippen molar-refractivity contribution >= 4 is 11.8 Å². The third-order valence-electron chi connectivity index (χ3n) is 4.37. The van der Waals surface area contributed by atoms with Crippen molar-refractivity contribution in [3.05, 3.63) is 46.6 Å². The van der Waals surface area contributed by atoms with Crippen molar-refractivity contribution in [1.82, 2.24) is 9.78 Å². The molecule has 152 valence electrons. The van der Waals surface area contributed by atoms with Gasteiger partial charge in [-0.1, -0.05) is 18.2 Å². The summed E-state index contributed by atoms with van der Waals surface area (Å²) in [7, 11) is 0.929. The predicted octanol–water partition coefficient (Wildman–Crippen LogP) is 4.12. The summed E-state index contributed by atoms with van der Waals surface area (Å²) in [6, 6.07) is 4.79. The van der Waals surface area contributed by atoms with Gasteiger partial charge < -0.3 is 9.64 Å². The summed E-state index contributed by atoms with van der Waals surface area (Å²) in [6.45, 7) is -0.0608. The van der Waals surface area contributed by atoms with E-state index in [-0.39, 0.29) is 31.0 Å². The molecule has 11 heteroatoms. The molecular formula is C17H15F6N3O2. The molecule has 0 saturated carbocycles. The van der Waals surface area contributed by atoms with Crippen molar-refractivity contribution in [3.8, 4) is 0 Å². The SMILES string of the molecule is COC(=O)c1c(C(F)(F)F)nn2c1N(Cc1ccccc1C(F)(F)F)CCC2. The zero-order valence-corrected chi connectivity index (χ0v) is 14.6. The van der Waals surface area contributed by atoms with Crippen LogP contribution < -0.4 is 4.90 Å². The number of ether oxygens (including phenoxy) is 1. The number of carbonyl (C=O) groups is 1. The van der Waals surface area contributed by atoms with E-state index in [1.165, 1.54) is 23.1 Å². The number of halogens is 6. The summed E-state index contributed by atoms with van der Waals surface area (Å²) in [6.07, 6.45) is -9.17. The summed E-state index contributed by atoms with van der Waals surface area (Å²) in [5, 5.41) is 3.48. The average molecular weight is 407 g/mol. The number of anilines is 1. The highest BCUT2D eigenvalue weighted by molar-refractivity contribution is 5.96. The lowest BCUT2D eigenvalue weighted by molar-refractivity contribution is -0.142. The van der Waals surface area contributed by atoms with E-state index in [1.807, 2.05) is 0 Å². The molecule has 1 aromatic carbocycles. The second-order valence-corrected chi connectivity index (χ2v) is 6.19. The van der Waals surface area contributed by atoms with E-state index in [4.69, 9.17) is 0 Å². The number of rotatable bonds is 3. The smallest absolute Gasteiger partial charge is 0.436 e. The lowest BCUT2D eigenvalue weighted by Crippen LogP contribution is -2.33. The predicted molar refractivity (Wildman–Crippen MR) is 85.7 cm³/mol. The van der Waals surface area contributed by atoms with E-state index in [0.29, 0.717) is 6.42 Å². The number of aryl methyl sites for hydroxylation is 1. The molecule has 2 aromatic rings. The third kappa shape index (κ3) is 3.65. The van der Waals surface area contributed by atoms with Crippen molar-refractivity contribution in [3.63, 3.8) is 0 Å². The fourth-order valence-corrected chi connectivity index (χ4v) is 3.23. The number of fused-ring (bicyclic) bond motifs is 1. The molecule has 1 aliphatic heterocycles. The standard InChI is InChI=1S/C17H15F6N3O2/c1-28-15(27)12-13(17(21,22)23)24-26-8-4-7-25(14(12)26)9-10-5-2-3-6-11(10)16(18,19)20/h2-3,5-6H,4,7-9H2,1H3. The summed E-state index contributed by atoms with van der Waals surface area (Å²) in [4.78, 5) is 13.4. The van der Waals surface area contributed by atoms with Gasteiger partial charge in [0.1, 0.15) is 11.4 Å². The van der Waals surface area contributed by atoms with Gasteiger partial charge in [0, 0.05) is 19.6 Å². The van der Waals surface area contributed by atoms with E-state index in [2.05, 4.69) is 9.84 Å². The first-order valence-corrected chi connectivity index (χ1v) is 8.20. The van der Waals surface area contributed by atoms with Gasteiger partial charge in [0.15, 0.2) is 5.69 Å². The number of carbonyl (C=O) groups excluding carboxylic acids is 1. The summed E-state index contributed by atoms with van der Waals surface area (Å²) in [5.41, 5.74) is -3.21. The Morgan fingerprint density at radius 1 is 1.11 bits per heavy atom. The Morgan fingerprint density at radius 3 is 2.39 bits per heavy atom. The topological polar surface area (TPSA) is 47.4 Å². The van der Waals surface area contributed by atoms with Crippen molar-refractivity contribution in [2.75, 3.05) is 18.6 Å². The van der Waals surface area contributed by atoms with Gasteiger partial charge in [-0.25, -0.2) is 9.48 Å². The van der Waals surface area contributed by atoms with Crippen molar-refractivity contribution in [2.45, 2.75) is 31.9 Å². The first-order chi connectivity index (χ1) is 13.0. The molecule has 0 bridgehead atoms. The number of hydrogen-bond donors (Lipinski definition) is 0. The third-order valence-corrected chi connectivity index (χ3v) is 4.37. The average Bonchev–Trinajstić information content (AvgIpc) is 3.02. The first kappa shape index (κ1) is 20.0. The minimum absolute atomic E-state index is 0.104. The molecule has 0 amide bonds. The molecule has 0 spiro atoms. The highest BCUT2D eigenvalue weighted by atomic mass is 19.4. The van der Waals surface area contributed by atoms with Gasteiger partial charge in [-0.2, -0.15) is 31.4 Å². The largest absolute Gasteiger partial charge is 0.465 e. The number of esters is 1. The quantitative estimate of drug-likeness (QED) is 0.568. The van der Waals surface area contributed by atoms with E-state index in [1.54, 1.807) is 0 Å². The van der Waals surface area contributed by atoms with E-state index in [9.17, 15) is 31.1 Å². The van der Waals surface area contributed by atoms with Crippen molar-refractivity contribution in [1.29, 1.82) is 0 Å². The zero-order valence-electron chi connectivity index (χ0n) is 14.6. The normalized spacial score (nSPS) is 14.8. The van der Waals surface area contributed by atoms with Crippen LogP contribution in [0.15, 0.2) is 24.3 Å². The fraction of sp³-hybridized carbons (Fsp3) is 0.412. The van der Waals surface area contributed by atoms with Crippen LogP contribution in [0.25, 0.3) is 0 Å². The van der Waals surface area contributed by atoms with Crippen molar-refractivity contribution < 1.29 is 35.9 Å². The number of nitrogens with zero attached hydrogens (tertiary/aromatic N) is 3. The molecule has 5 nitrogen and oxygen atoms in total. The molecule has 2 heterocycles. The number of aromatic nitrogens is 2. The maximum Gasteiger partial charge on any atom is 0.436 e. The fourth-order valence-electron chi connectivity index (χ4n) is 3.23. The summed E-state index contributed by atoms with van der Waals surface area (Å²) < 4.78 is 85.3. The van der Waals surface area contributed by atoms with Gasteiger partial charge in [0.2, 0.25) is 0 Å². The lowest BCUT2D eigenvalue weighted by Gasteiger charge is -2.31. The Balaban J connectivity index is 2.10. The first-order valence-electron chi connectivity index (χ1n) is 8.20. The summed E-state index contributed by atoms with van der Waals surface area (Å²) >= 11 is 0. The van der Waals surface area contributed by atoms with Gasteiger partial charge in [0.05, 0.1) is 12.7 Å². The molecule has 0 aliphatic carbocycles. The van der Waals surface area contributed by atoms with E-state index >= 15 is 0 Å². The number of hydrogen-bond acceptors (Lipinski definition) is 4. The maximum absolute atomic E-state index is 13.4. The molecule has 0 saturated heterocycles. The Bertz CT molecular complexity index is 888. The Morgan fingerprint density at radius 2 is 1.79 bits per heavy atom. The van der Waals surface area contributed by atoms with Crippen LogP contribution in [0.5, 0.6) is 0 Å². The molecule has 0 unspecified atom stereocenters. The molecule has 0 radical (unpaired) electrons.